The molecule has 1 aromatic rings. The first-order chi connectivity index (χ1) is 12.5. The van der Waals surface area contributed by atoms with Crippen LogP contribution >= 0.6 is 11.6 Å². The molecule has 1 aliphatic carbocycles. The highest BCUT2D eigenvalue weighted by Gasteiger charge is 2.59. The molecule has 3 unspecified atom stereocenters. The van der Waals surface area contributed by atoms with Crippen molar-refractivity contribution in [1.82, 2.24) is 10.2 Å². The van der Waals surface area contributed by atoms with Gasteiger partial charge in [-0.15, -0.1) is 0 Å². The van der Waals surface area contributed by atoms with E-state index in [-0.39, 0.29) is 5.41 Å². The predicted molar refractivity (Wildman–Crippen MR) is 107 cm³/mol. The fourth-order valence-corrected chi connectivity index (χ4v) is 5.09. The van der Waals surface area contributed by atoms with Gasteiger partial charge in [0.1, 0.15) is 0 Å². The van der Waals surface area contributed by atoms with Crippen LogP contribution in [0, 0.1) is 11.3 Å². The maximum Gasteiger partial charge on any atom is 0.194 e. The van der Waals surface area contributed by atoms with Gasteiger partial charge in [0.05, 0.1) is 6.10 Å². The molecule has 0 amide bonds. The molecule has 1 N–H and O–H groups in total. The number of hydrogen-bond donors (Lipinski definition) is 1. The fraction of sp³-hybridized carbons (Fsp3) is 0.650. The Hall–Kier alpha value is -1.46. The molecule has 3 atom stereocenters. The number of benzene rings is 1. The quantitative estimate of drug-likeness (QED) is 0.636. The molecule has 0 bridgehead atoms. The highest BCUT2D eigenvalue weighted by Crippen LogP contribution is 2.52. The zero-order chi connectivity index (χ0) is 18.3. The van der Waals surface area contributed by atoms with Gasteiger partial charge in [-0.1, -0.05) is 31.5 Å². The van der Waals surface area contributed by atoms with Crippen LogP contribution < -0.4 is 10.2 Å². The average molecular weight is 377 g/mol. The molecular formula is C20H29ClN4O. The first kappa shape index (κ1) is 17.9. The molecule has 3 aliphatic rings. The summed E-state index contributed by atoms with van der Waals surface area (Å²) in [5.41, 5.74) is 1.37. The van der Waals surface area contributed by atoms with E-state index < -0.39 is 0 Å². The van der Waals surface area contributed by atoms with Gasteiger partial charge in [0.25, 0.3) is 0 Å². The van der Waals surface area contributed by atoms with Crippen molar-refractivity contribution in [1.29, 1.82) is 0 Å². The molecule has 26 heavy (non-hydrogen) atoms. The van der Waals surface area contributed by atoms with Crippen LogP contribution in [0.25, 0.3) is 0 Å². The molecule has 1 saturated carbocycles. The summed E-state index contributed by atoms with van der Waals surface area (Å²) in [7, 11) is 1.89. The third-order valence-corrected chi connectivity index (χ3v) is 6.58. The molecule has 6 heteroatoms. The van der Waals surface area contributed by atoms with Crippen molar-refractivity contribution < 1.29 is 4.74 Å². The summed E-state index contributed by atoms with van der Waals surface area (Å²) in [5, 5.41) is 4.55. The number of nitrogens with one attached hydrogen (secondary N) is 1. The van der Waals surface area contributed by atoms with Crippen LogP contribution in [0.1, 0.15) is 20.3 Å². The van der Waals surface area contributed by atoms with Gasteiger partial charge < -0.3 is 19.9 Å². The lowest BCUT2D eigenvalue weighted by atomic mass is 9.57. The van der Waals surface area contributed by atoms with E-state index in [4.69, 9.17) is 16.3 Å². The Balaban J connectivity index is 1.37. The van der Waals surface area contributed by atoms with Crippen LogP contribution in [0.5, 0.6) is 0 Å². The van der Waals surface area contributed by atoms with E-state index in [1.54, 1.807) is 0 Å². The number of guanidine groups is 1. The van der Waals surface area contributed by atoms with Gasteiger partial charge in [-0.2, -0.15) is 0 Å². The molecule has 5 nitrogen and oxygen atoms in total. The van der Waals surface area contributed by atoms with Crippen molar-refractivity contribution in [2.45, 2.75) is 32.4 Å². The highest BCUT2D eigenvalue weighted by atomic mass is 35.5. The topological polar surface area (TPSA) is 40.1 Å². The molecule has 2 heterocycles. The summed E-state index contributed by atoms with van der Waals surface area (Å²) in [4.78, 5) is 9.34. The Morgan fingerprint density at radius 1 is 1.27 bits per heavy atom. The molecule has 3 fully saturated rings. The molecule has 4 rings (SSSR count). The zero-order valence-corrected chi connectivity index (χ0v) is 16.7. The zero-order valence-electron chi connectivity index (χ0n) is 15.9. The van der Waals surface area contributed by atoms with Crippen LogP contribution in [0.4, 0.5) is 5.69 Å². The second-order valence-corrected chi connectivity index (χ2v) is 8.62. The third-order valence-electron chi connectivity index (χ3n) is 6.35. The number of aliphatic imine (C=N–C) groups is 1. The molecule has 1 aromatic carbocycles. The van der Waals surface area contributed by atoms with E-state index in [1.165, 1.54) is 5.69 Å². The van der Waals surface area contributed by atoms with E-state index in [0.29, 0.717) is 18.1 Å². The summed E-state index contributed by atoms with van der Waals surface area (Å²) in [5.74, 6) is 1.65. The number of rotatable bonds is 2. The number of hydrogen-bond acceptors (Lipinski definition) is 3. The SMILES string of the molecule is CN=C(NC1C2CCOC2C1(C)C)N1CCN(c2cccc(Cl)c2)CC1. The Morgan fingerprint density at radius 2 is 2.04 bits per heavy atom. The lowest BCUT2D eigenvalue weighted by Gasteiger charge is -2.55. The summed E-state index contributed by atoms with van der Waals surface area (Å²) in [6, 6.07) is 8.56. The van der Waals surface area contributed by atoms with Crippen LogP contribution in [0.2, 0.25) is 5.02 Å². The van der Waals surface area contributed by atoms with E-state index >= 15 is 0 Å². The number of ether oxygens (including phenoxy) is 1. The summed E-state index contributed by atoms with van der Waals surface area (Å²) < 4.78 is 5.92. The lowest BCUT2D eigenvalue weighted by Crippen LogP contribution is -2.68. The number of nitrogens with zero attached hydrogens (tertiary/aromatic N) is 3. The monoisotopic (exact) mass is 376 g/mol. The van der Waals surface area contributed by atoms with Gasteiger partial charge in [0.2, 0.25) is 0 Å². The smallest absolute Gasteiger partial charge is 0.194 e. The van der Waals surface area contributed by atoms with Crippen molar-refractivity contribution >= 4 is 23.2 Å². The molecular weight excluding hydrogens is 348 g/mol. The maximum atomic E-state index is 6.14. The van der Waals surface area contributed by atoms with Crippen LogP contribution in [-0.4, -0.2) is 62.8 Å². The molecule has 2 saturated heterocycles. The number of piperazine rings is 1. The minimum absolute atomic E-state index is 0.166. The Labute approximate surface area is 161 Å². The fourth-order valence-electron chi connectivity index (χ4n) is 4.90. The molecule has 2 aliphatic heterocycles. The Bertz CT molecular complexity index is 684. The summed E-state index contributed by atoms with van der Waals surface area (Å²) >= 11 is 6.14. The van der Waals surface area contributed by atoms with Crippen molar-refractivity contribution in [3.8, 4) is 0 Å². The van der Waals surface area contributed by atoms with Gasteiger partial charge in [0, 0.05) is 67.9 Å². The largest absolute Gasteiger partial charge is 0.377 e. The normalized spacial score (nSPS) is 30.8. The Kier molecular flexibility index (Phi) is 4.78. The minimum Gasteiger partial charge on any atom is -0.377 e. The lowest BCUT2D eigenvalue weighted by molar-refractivity contribution is -0.107. The van der Waals surface area contributed by atoms with Crippen molar-refractivity contribution in [2.24, 2.45) is 16.3 Å². The van der Waals surface area contributed by atoms with Gasteiger partial charge in [-0.25, -0.2) is 0 Å². The summed E-state index contributed by atoms with van der Waals surface area (Å²) in [6.07, 6.45) is 1.56. The van der Waals surface area contributed by atoms with Crippen LogP contribution in [-0.2, 0) is 4.74 Å². The molecule has 0 aromatic heterocycles. The van der Waals surface area contributed by atoms with Crippen LogP contribution in [0.15, 0.2) is 29.3 Å². The number of anilines is 1. The van der Waals surface area contributed by atoms with Crippen LogP contribution in [0.3, 0.4) is 0 Å². The Morgan fingerprint density at radius 3 is 2.73 bits per heavy atom. The van der Waals surface area contributed by atoms with Crippen molar-refractivity contribution in [2.75, 3.05) is 44.7 Å². The van der Waals surface area contributed by atoms with Gasteiger partial charge >= 0.3 is 0 Å². The average Bonchev–Trinajstić information content (AvgIpc) is 3.10. The van der Waals surface area contributed by atoms with E-state index in [9.17, 15) is 0 Å². The van der Waals surface area contributed by atoms with E-state index in [1.807, 2.05) is 25.2 Å². The molecule has 0 radical (unpaired) electrons. The molecule has 0 spiro atoms. The minimum atomic E-state index is 0.166. The van der Waals surface area contributed by atoms with Gasteiger partial charge in [-0.3, -0.25) is 4.99 Å². The van der Waals surface area contributed by atoms with Crippen molar-refractivity contribution in [3.05, 3.63) is 29.3 Å². The second-order valence-electron chi connectivity index (χ2n) is 8.19. The number of fused-ring (bicyclic) bond motifs is 1. The first-order valence-corrected chi connectivity index (χ1v) is 9.99. The standard InChI is InChI=1S/C20H29ClN4O/c1-20(2)17(16-7-12-26-18(16)20)23-19(22-3)25-10-8-24(9-11-25)15-6-4-5-14(21)13-15/h4-6,13,16-18H,7-12H2,1-3H3,(H,22,23). The van der Waals surface area contributed by atoms with Gasteiger partial charge in [-0.05, 0) is 24.6 Å². The first-order valence-electron chi connectivity index (χ1n) is 9.61. The van der Waals surface area contributed by atoms with Crippen molar-refractivity contribution in [3.63, 3.8) is 0 Å². The third kappa shape index (κ3) is 3.05. The number of halogens is 1. The summed E-state index contributed by atoms with van der Waals surface area (Å²) in [6.45, 7) is 9.39. The highest BCUT2D eigenvalue weighted by molar-refractivity contribution is 6.30. The van der Waals surface area contributed by atoms with E-state index in [0.717, 1.165) is 50.2 Å². The van der Waals surface area contributed by atoms with Gasteiger partial charge in [0.15, 0.2) is 5.96 Å². The molecule has 142 valence electrons. The maximum absolute atomic E-state index is 6.14. The van der Waals surface area contributed by atoms with E-state index in [2.05, 4.69) is 40.0 Å². The second kappa shape index (κ2) is 6.93. The predicted octanol–water partition coefficient (Wildman–Crippen LogP) is 2.85.